The fourth-order valence-corrected chi connectivity index (χ4v) is 2.46. The lowest BCUT2D eigenvalue weighted by Crippen LogP contribution is -2.36. The average molecular weight is 353 g/mol. The fraction of sp³-hybridized carbons (Fsp3) is 0.278. The summed E-state index contributed by atoms with van der Waals surface area (Å²) in [7, 11) is 0. The Morgan fingerprint density at radius 3 is 2.35 bits per heavy atom. The van der Waals surface area contributed by atoms with E-state index in [9.17, 15) is 4.79 Å². The van der Waals surface area contributed by atoms with Crippen molar-refractivity contribution in [2.75, 3.05) is 6.54 Å². The highest BCUT2D eigenvalue weighted by atomic mass is 35.5. The van der Waals surface area contributed by atoms with E-state index in [-0.39, 0.29) is 30.3 Å². The second kappa shape index (κ2) is 9.56. The summed E-state index contributed by atoms with van der Waals surface area (Å²) in [5.41, 5.74) is 7.65. The van der Waals surface area contributed by atoms with Crippen molar-refractivity contribution in [1.82, 2.24) is 5.32 Å². The SMILES string of the molecule is CC(CN)C(=O)NC(Cc1ccccc1Cl)c1ccccc1.Cl. The number of hydrogen-bond acceptors (Lipinski definition) is 2. The van der Waals surface area contributed by atoms with Crippen LogP contribution >= 0.6 is 24.0 Å². The summed E-state index contributed by atoms with van der Waals surface area (Å²) in [5.74, 6) is -0.249. The number of rotatable bonds is 6. The summed E-state index contributed by atoms with van der Waals surface area (Å²) in [6.07, 6.45) is 0.646. The van der Waals surface area contributed by atoms with E-state index in [0.29, 0.717) is 18.0 Å². The molecule has 1 amide bonds. The van der Waals surface area contributed by atoms with Gasteiger partial charge in [0.1, 0.15) is 0 Å². The Hall–Kier alpha value is -1.55. The van der Waals surface area contributed by atoms with Gasteiger partial charge in [-0.3, -0.25) is 4.79 Å². The fourth-order valence-electron chi connectivity index (χ4n) is 2.24. The molecule has 2 aromatic carbocycles. The molecule has 2 atom stereocenters. The zero-order chi connectivity index (χ0) is 15.9. The smallest absolute Gasteiger partial charge is 0.224 e. The Balaban J connectivity index is 0.00000264. The third-order valence-electron chi connectivity index (χ3n) is 3.70. The maximum Gasteiger partial charge on any atom is 0.224 e. The van der Waals surface area contributed by atoms with Crippen molar-refractivity contribution in [3.05, 3.63) is 70.7 Å². The van der Waals surface area contributed by atoms with Crippen molar-refractivity contribution in [2.45, 2.75) is 19.4 Å². The Kier molecular flexibility index (Phi) is 8.10. The quantitative estimate of drug-likeness (QED) is 0.831. The highest BCUT2D eigenvalue weighted by Gasteiger charge is 2.19. The predicted molar refractivity (Wildman–Crippen MR) is 97.9 cm³/mol. The number of benzene rings is 2. The van der Waals surface area contributed by atoms with E-state index in [1.807, 2.05) is 61.5 Å². The van der Waals surface area contributed by atoms with Gasteiger partial charge in [-0.2, -0.15) is 0 Å². The number of halogens is 2. The van der Waals surface area contributed by atoms with E-state index >= 15 is 0 Å². The molecule has 0 aliphatic carbocycles. The van der Waals surface area contributed by atoms with Crippen LogP contribution in [0.1, 0.15) is 24.1 Å². The van der Waals surface area contributed by atoms with Crippen molar-refractivity contribution < 1.29 is 4.79 Å². The largest absolute Gasteiger partial charge is 0.349 e. The standard InChI is InChI=1S/C18H21ClN2O.ClH/c1-13(12-20)18(22)21-17(14-7-3-2-4-8-14)11-15-9-5-6-10-16(15)19;/h2-10,13,17H,11-12,20H2,1H3,(H,21,22);1H. The number of carbonyl (C=O) groups excluding carboxylic acids is 1. The molecule has 0 saturated carbocycles. The minimum atomic E-state index is -0.211. The summed E-state index contributed by atoms with van der Waals surface area (Å²) in [5, 5.41) is 3.79. The molecule has 5 heteroatoms. The number of nitrogens with one attached hydrogen (secondary N) is 1. The summed E-state index contributed by atoms with van der Waals surface area (Å²) < 4.78 is 0. The van der Waals surface area contributed by atoms with Gasteiger partial charge >= 0.3 is 0 Å². The van der Waals surface area contributed by atoms with Crippen LogP contribution in [0.2, 0.25) is 5.02 Å². The second-order valence-electron chi connectivity index (χ2n) is 5.40. The van der Waals surface area contributed by atoms with E-state index in [1.54, 1.807) is 0 Å². The summed E-state index contributed by atoms with van der Waals surface area (Å²) in [4.78, 5) is 12.2. The molecule has 0 radical (unpaired) electrons. The van der Waals surface area contributed by atoms with Gasteiger partial charge in [0.25, 0.3) is 0 Å². The molecule has 2 aromatic rings. The summed E-state index contributed by atoms with van der Waals surface area (Å²) in [6, 6.07) is 17.5. The predicted octanol–water partition coefficient (Wildman–Crippen LogP) is 3.76. The number of hydrogen-bond donors (Lipinski definition) is 2. The molecule has 0 spiro atoms. The van der Waals surface area contributed by atoms with E-state index < -0.39 is 0 Å². The van der Waals surface area contributed by atoms with Gasteiger partial charge in [-0.25, -0.2) is 0 Å². The highest BCUT2D eigenvalue weighted by Crippen LogP contribution is 2.23. The molecule has 0 aliphatic heterocycles. The van der Waals surface area contributed by atoms with E-state index in [2.05, 4.69) is 5.32 Å². The first-order chi connectivity index (χ1) is 10.6. The minimum Gasteiger partial charge on any atom is -0.349 e. The third-order valence-corrected chi connectivity index (χ3v) is 4.07. The Labute approximate surface area is 148 Å². The van der Waals surface area contributed by atoms with Crippen LogP contribution in [0.4, 0.5) is 0 Å². The second-order valence-corrected chi connectivity index (χ2v) is 5.81. The molecule has 2 rings (SSSR count). The van der Waals surface area contributed by atoms with Crippen LogP contribution in [0.25, 0.3) is 0 Å². The molecule has 124 valence electrons. The van der Waals surface area contributed by atoms with Crippen molar-refractivity contribution in [3.8, 4) is 0 Å². The molecule has 3 nitrogen and oxygen atoms in total. The van der Waals surface area contributed by atoms with Crippen LogP contribution in [0.5, 0.6) is 0 Å². The van der Waals surface area contributed by atoms with Crippen molar-refractivity contribution >= 4 is 29.9 Å². The van der Waals surface area contributed by atoms with Crippen LogP contribution in [-0.2, 0) is 11.2 Å². The van der Waals surface area contributed by atoms with Crippen molar-refractivity contribution in [3.63, 3.8) is 0 Å². The van der Waals surface area contributed by atoms with E-state index in [0.717, 1.165) is 11.1 Å². The van der Waals surface area contributed by atoms with Gasteiger partial charge in [0.05, 0.1) is 6.04 Å². The molecule has 0 fully saturated rings. The Morgan fingerprint density at radius 2 is 1.74 bits per heavy atom. The molecule has 23 heavy (non-hydrogen) atoms. The molecule has 0 aromatic heterocycles. The topological polar surface area (TPSA) is 55.1 Å². The first-order valence-corrected chi connectivity index (χ1v) is 7.78. The van der Waals surface area contributed by atoms with Gasteiger partial charge in [0.15, 0.2) is 0 Å². The number of amides is 1. The van der Waals surface area contributed by atoms with Crippen LogP contribution in [0.15, 0.2) is 54.6 Å². The lowest BCUT2D eigenvalue weighted by molar-refractivity contribution is -0.125. The van der Waals surface area contributed by atoms with Crippen LogP contribution in [-0.4, -0.2) is 12.5 Å². The van der Waals surface area contributed by atoms with Crippen LogP contribution < -0.4 is 11.1 Å². The Morgan fingerprint density at radius 1 is 1.13 bits per heavy atom. The normalized spacial score (nSPS) is 12.8. The van der Waals surface area contributed by atoms with E-state index in [4.69, 9.17) is 17.3 Å². The Bertz CT molecular complexity index is 619. The average Bonchev–Trinajstić information content (AvgIpc) is 2.56. The van der Waals surface area contributed by atoms with Crippen LogP contribution in [0, 0.1) is 5.92 Å². The third kappa shape index (κ3) is 5.54. The molecule has 2 unspecified atom stereocenters. The first-order valence-electron chi connectivity index (χ1n) is 7.40. The molecule has 0 aliphatic rings. The van der Waals surface area contributed by atoms with Gasteiger partial charge in [-0.05, 0) is 23.6 Å². The zero-order valence-corrected chi connectivity index (χ0v) is 14.6. The molecular formula is C18H22Cl2N2O. The van der Waals surface area contributed by atoms with Gasteiger partial charge in [-0.1, -0.05) is 67.1 Å². The van der Waals surface area contributed by atoms with Gasteiger partial charge in [0.2, 0.25) is 5.91 Å². The van der Waals surface area contributed by atoms with Gasteiger partial charge in [0, 0.05) is 17.5 Å². The van der Waals surface area contributed by atoms with E-state index in [1.165, 1.54) is 0 Å². The van der Waals surface area contributed by atoms with Crippen molar-refractivity contribution in [2.24, 2.45) is 11.7 Å². The van der Waals surface area contributed by atoms with Crippen molar-refractivity contribution in [1.29, 1.82) is 0 Å². The maximum absolute atomic E-state index is 12.2. The number of carbonyl (C=O) groups is 1. The first kappa shape index (κ1) is 19.5. The van der Waals surface area contributed by atoms with Gasteiger partial charge in [-0.15, -0.1) is 12.4 Å². The lowest BCUT2D eigenvalue weighted by Gasteiger charge is -2.22. The maximum atomic E-state index is 12.2. The minimum absolute atomic E-state index is 0. The zero-order valence-electron chi connectivity index (χ0n) is 13.0. The molecule has 0 bridgehead atoms. The highest BCUT2D eigenvalue weighted by molar-refractivity contribution is 6.31. The molecular weight excluding hydrogens is 331 g/mol. The van der Waals surface area contributed by atoms with Gasteiger partial charge < -0.3 is 11.1 Å². The number of nitrogens with two attached hydrogens (primary N) is 1. The molecule has 0 heterocycles. The lowest BCUT2D eigenvalue weighted by atomic mass is 9.98. The monoisotopic (exact) mass is 352 g/mol. The molecule has 3 N–H and O–H groups in total. The van der Waals surface area contributed by atoms with Crippen LogP contribution in [0.3, 0.4) is 0 Å². The summed E-state index contributed by atoms with van der Waals surface area (Å²) >= 11 is 6.25. The summed E-state index contributed by atoms with van der Waals surface area (Å²) in [6.45, 7) is 2.16. The molecule has 0 saturated heterocycles.